The van der Waals surface area contributed by atoms with Crippen LogP contribution in [0.1, 0.15) is 11.1 Å². The van der Waals surface area contributed by atoms with Crippen molar-refractivity contribution < 1.29 is 5.11 Å². The van der Waals surface area contributed by atoms with Gasteiger partial charge in [-0.2, -0.15) is 0 Å². The lowest BCUT2D eigenvalue weighted by molar-refractivity contribution is 0.307. The van der Waals surface area contributed by atoms with E-state index in [4.69, 9.17) is 10.8 Å². The molecule has 0 atom stereocenters. The normalized spacial score (nSPS) is 11.7. The number of aliphatic hydroxyl groups is 1. The van der Waals surface area contributed by atoms with Gasteiger partial charge in [-0.25, -0.2) is 0 Å². The van der Waals surface area contributed by atoms with Crippen molar-refractivity contribution in [1.29, 1.82) is 0 Å². The standard InChI is InChI=1S/C10H14N2O/c1-8-4-2-3-5-9(8)10(11)12-6-7-13/h2-5,13H,6-7H2,1H3,(H2,11,12). The lowest BCUT2D eigenvalue weighted by Crippen LogP contribution is -2.15. The molecule has 0 aliphatic heterocycles. The van der Waals surface area contributed by atoms with Crippen LogP contribution in [0.15, 0.2) is 29.3 Å². The van der Waals surface area contributed by atoms with Crippen molar-refractivity contribution in [1.82, 2.24) is 0 Å². The van der Waals surface area contributed by atoms with E-state index in [1.165, 1.54) is 0 Å². The Labute approximate surface area is 77.9 Å². The first-order chi connectivity index (χ1) is 6.25. The number of hydrogen-bond donors (Lipinski definition) is 2. The third-order valence-electron chi connectivity index (χ3n) is 1.80. The van der Waals surface area contributed by atoms with Gasteiger partial charge >= 0.3 is 0 Å². The number of amidine groups is 1. The van der Waals surface area contributed by atoms with Crippen molar-refractivity contribution in [2.45, 2.75) is 6.92 Å². The molecule has 0 fully saturated rings. The van der Waals surface area contributed by atoms with Gasteiger partial charge < -0.3 is 10.8 Å². The smallest absolute Gasteiger partial charge is 0.125 e. The van der Waals surface area contributed by atoms with E-state index in [0.29, 0.717) is 12.4 Å². The lowest BCUT2D eigenvalue weighted by Gasteiger charge is -2.03. The van der Waals surface area contributed by atoms with Crippen LogP contribution < -0.4 is 5.73 Å². The van der Waals surface area contributed by atoms with Gasteiger partial charge in [-0.05, 0) is 12.5 Å². The summed E-state index contributed by atoms with van der Waals surface area (Å²) in [5.41, 5.74) is 7.76. The van der Waals surface area contributed by atoms with E-state index < -0.39 is 0 Å². The minimum Gasteiger partial charge on any atom is -0.394 e. The van der Waals surface area contributed by atoms with Gasteiger partial charge in [-0.1, -0.05) is 24.3 Å². The van der Waals surface area contributed by atoms with Gasteiger partial charge in [-0.3, -0.25) is 4.99 Å². The first-order valence-corrected chi connectivity index (χ1v) is 4.22. The summed E-state index contributed by atoms with van der Waals surface area (Å²) in [5.74, 6) is 0.493. The fourth-order valence-corrected chi connectivity index (χ4v) is 1.12. The lowest BCUT2D eigenvalue weighted by atomic mass is 10.1. The number of nitrogens with zero attached hydrogens (tertiary/aromatic N) is 1. The van der Waals surface area contributed by atoms with Gasteiger partial charge in [0.15, 0.2) is 0 Å². The zero-order valence-corrected chi connectivity index (χ0v) is 7.70. The van der Waals surface area contributed by atoms with Gasteiger partial charge in [0, 0.05) is 5.56 Å². The maximum atomic E-state index is 8.57. The zero-order valence-electron chi connectivity index (χ0n) is 7.70. The van der Waals surface area contributed by atoms with Gasteiger partial charge in [0.25, 0.3) is 0 Å². The number of nitrogens with two attached hydrogens (primary N) is 1. The first kappa shape index (κ1) is 9.74. The number of rotatable bonds is 3. The first-order valence-electron chi connectivity index (χ1n) is 4.22. The molecule has 13 heavy (non-hydrogen) atoms. The van der Waals surface area contributed by atoms with Crippen LogP contribution in [0.3, 0.4) is 0 Å². The highest BCUT2D eigenvalue weighted by Crippen LogP contribution is 2.05. The van der Waals surface area contributed by atoms with Gasteiger partial charge in [0.1, 0.15) is 5.84 Å². The molecule has 70 valence electrons. The largest absolute Gasteiger partial charge is 0.394 e. The molecule has 0 amide bonds. The molecular weight excluding hydrogens is 164 g/mol. The number of benzene rings is 1. The molecule has 0 aromatic heterocycles. The average Bonchev–Trinajstić information content (AvgIpc) is 2.15. The van der Waals surface area contributed by atoms with E-state index in [9.17, 15) is 0 Å². The molecule has 0 bridgehead atoms. The Morgan fingerprint density at radius 2 is 2.15 bits per heavy atom. The van der Waals surface area contributed by atoms with Crippen molar-refractivity contribution in [2.24, 2.45) is 10.7 Å². The monoisotopic (exact) mass is 178 g/mol. The summed E-state index contributed by atoms with van der Waals surface area (Å²) >= 11 is 0. The molecule has 0 saturated heterocycles. The van der Waals surface area contributed by atoms with Gasteiger partial charge in [0.2, 0.25) is 0 Å². The zero-order chi connectivity index (χ0) is 9.68. The maximum absolute atomic E-state index is 8.57. The van der Waals surface area contributed by atoms with E-state index in [2.05, 4.69) is 4.99 Å². The van der Waals surface area contributed by atoms with Crippen molar-refractivity contribution in [2.75, 3.05) is 13.2 Å². The van der Waals surface area contributed by atoms with Crippen molar-refractivity contribution in [3.63, 3.8) is 0 Å². The van der Waals surface area contributed by atoms with Crippen LogP contribution >= 0.6 is 0 Å². The molecule has 3 N–H and O–H groups in total. The number of aliphatic hydroxyl groups excluding tert-OH is 1. The van der Waals surface area contributed by atoms with E-state index in [1.807, 2.05) is 31.2 Å². The van der Waals surface area contributed by atoms with Crippen LogP contribution in [-0.4, -0.2) is 24.1 Å². The Kier molecular flexibility index (Phi) is 3.46. The van der Waals surface area contributed by atoms with Crippen molar-refractivity contribution >= 4 is 5.84 Å². The molecule has 1 aromatic carbocycles. The Morgan fingerprint density at radius 3 is 2.77 bits per heavy atom. The molecule has 0 aliphatic carbocycles. The molecule has 0 radical (unpaired) electrons. The second kappa shape index (κ2) is 4.62. The topological polar surface area (TPSA) is 58.6 Å². The Balaban J connectivity index is 2.88. The van der Waals surface area contributed by atoms with Crippen molar-refractivity contribution in [3.05, 3.63) is 35.4 Å². The number of hydrogen-bond acceptors (Lipinski definition) is 2. The molecule has 3 heteroatoms. The third kappa shape index (κ3) is 2.56. The summed E-state index contributed by atoms with van der Waals surface area (Å²) in [6, 6.07) is 7.78. The van der Waals surface area contributed by atoms with Crippen LogP contribution in [0.4, 0.5) is 0 Å². The second-order valence-electron chi connectivity index (χ2n) is 2.81. The summed E-state index contributed by atoms with van der Waals surface area (Å²) < 4.78 is 0. The van der Waals surface area contributed by atoms with Crippen molar-refractivity contribution in [3.8, 4) is 0 Å². The minimum absolute atomic E-state index is 0.0343. The quantitative estimate of drug-likeness (QED) is 0.528. The van der Waals surface area contributed by atoms with Crippen LogP contribution in [-0.2, 0) is 0 Å². The van der Waals surface area contributed by atoms with Gasteiger partial charge in [-0.15, -0.1) is 0 Å². The summed E-state index contributed by atoms with van der Waals surface area (Å²) in [5, 5.41) is 8.57. The SMILES string of the molecule is Cc1ccccc1C(N)=NCCO. The minimum atomic E-state index is 0.0343. The van der Waals surface area contributed by atoms with E-state index in [-0.39, 0.29) is 6.61 Å². The fraction of sp³-hybridized carbons (Fsp3) is 0.300. The van der Waals surface area contributed by atoms with E-state index in [0.717, 1.165) is 11.1 Å². The molecule has 0 spiro atoms. The van der Waals surface area contributed by atoms with Crippen LogP contribution in [0.25, 0.3) is 0 Å². The Bertz CT molecular complexity index is 308. The highest BCUT2D eigenvalue weighted by Gasteiger charge is 1.99. The molecule has 1 rings (SSSR count). The van der Waals surface area contributed by atoms with E-state index in [1.54, 1.807) is 0 Å². The molecule has 1 aromatic rings. The van der Waals surface area contributed by atoms with Crippen LogP contribution in [0.2, 0.25) is 0 Å². The van der Waals surface area contributed by atoms with Gasteiger partial charge in [0.05, 0.1) is 13.2 Å². The number of aryl methyl sites for hydroxylation is 1. The predicted molar refractivity (Wildman–Crippen MR) is 53.9 cm³/mol. The fourth-order valence-electron chi connectivity index (χ4n) is 1.12. The average molecular weight is 178 g/mol. The second-order valence-corrected chi connectivity index (χ2v) is 2.81. The molecular formula is C10H14N2O. The molecule has 0 unspecified atom stereocenters. The molecule has 0 aliphatic rings. The summed E-state index contributed by atoms with van der Waals surface area (Å²) in [4.78, 5) is 4.02. The third-order valence-corrected chi connectivity index (χ3v) is 1.80. The molecule has 3 nitrogen and oxygen atoms in total. The maximum Gasteiger partial charge on any atom is 0.125 e. The molecule has 0 saturated carbocycles. The summed E-state index contributed by atoms with van der Waals surface area (Å²) in [7, 11) is 0. The van der Waals surface area contributed by atoms with Crippen LogP contribution in [0, 0.1) is 6.92 Å². The summed E-state index contributed by atoms with van der Waals surface area (Å²) in [6.45, 7) is 2.38. The van der Waals surface area contributed by atoms with Crippen LogP contribution in [0.5, 0.6) is 0 Å². The molecule has 0 heterocycles. The number of aliphatic imine (C=N–C) groups is 1. The highest BCUT2D eigenvalue weighted by molar-refractivity contribution is 5.98. The predicted octanol–water partition coefficient (Wildman–Crippen LogP) is 0.693. The Hall–Kier alpha value is -1.35. The summed E-state index contributed by atoms with van der Waals surface area (Å²) in [6.07, 6.45) is 0. The van der Waals surface area contributed by atoms with E-state index >= 15 is 0 Å². The Morgan fingerprint density at radius 1 is 1.46 bits per heavy atom. The highest BCUT2D eigenvalue weighted by atomic mass is 16.3.